The van der Waals surface area contributed by atoms with E-state index in [0.29, 0.717) is 11.3 Å². The smallest absolute Gasteiger partial charge is 0.325 e. The molecule has 0 spiro atoms. The Hall–Kier alpha value is -3.16. The van der Waals surface area contributed by atoms with Crippen LogP contribution in [0.1, 0.15) is 36.8 Å². The minimum absolute atomic E-state index is 0.174. The van der Waals surface area contributed by atoms with Crippen LogP contribution in [0, 0.1) is 0 Å². The second kappa shape index (κ2) is 8.28. The van der Waals surface area contributed by atoms with Crippen molar-refractivity contribution in [2.75, 3.05) is 18.5 Å². The van der Waals surface area contributed by atoms with Gasteiger partial charge in [0.2, 0.25) is 5.88 Å². The van der Waals surface area contributed by atoms with Crippen molar-refractivity contribution in [3.05, 3.63) is 47.7 Å². The summed E-state index contributed by atoms with van der Waals surface area (Å²) in [5, 5.41) is 8.73. The summed E-state index contributed by atoms with van der Waals surface area (Å²) < 4.78 is 9.83. The number of carbonyl (C=O) groups is 3. The molecule has 0 fully saturated rings. The summed E-state index contributed by atoms with van der Waals surface area (Å²) in [6, 6.07) is 10.1. The van der Waals surface area contributed by atoms with E-state index >= 15 is 0 Å². The van der Waals surface area contributed by atoms with Crippen molar-refractivity contribution < 1.29 is 23.6 Å². The van der Waals surface area contributed by atoms with Crippen LogP contribution in [0.25, 0.3) is 0 Å². The first-order valence-corrected chi connectivity index (χ1v) is 8.01. The van der Waals surface area contributed by atoms with Crippen LogP contribution in [-0.2, 0) is 19.7 Å². The fraction of sp³-hybridized carbons (Fsp3) is 0.333. The Kier molecular flexibility index (Phi) is 6.11. The quantitative estimate of drug-likeness (QED) is 0.762. The molecule has 26 heavy (non-hydrogen) atoms. The predicted octanol–water partition coefficient (Wildman–Crippen LogP) is 1.88. The Labute approximate surface area is 150 Å². The lowest BCUT2D eigenvalue weighted by Gasteiger charge is -2.12. The minimum atomic E-state index is -0.725. The molecule has 1 aromatic carbocycles. The van der Waals surface area contributed by atoms with Gasteiger partial charge in [0.1, 0.15) is 6.54 Å². The van der Waals surface area contributed by atoms with Crippen LogP contribution in [0.2, 0.25) is 0 Å². The standard InChI is InChI=1S/C18H21N3O5/c1-18(2,3)13-9-15(26-21-13)20-14(22)11-25-16(23)10-19-17(24)12-7-5-4-6-8-12/h4-9H,10-11H2,1-3H3,(H,19,24)(H,20,22). The molecule has 2 rings (SSSR count). The highest BCUT2D eigenvalue weighted by Gasteiger charge is 2.20. The number of rotatable bonds is 6. The minimum Gasteiger partial charge on any atom is -0.454 e. The fourth-order valence-corrected chi connectivity index (χ4v) is 1.90. The Morgan fingerprint density at radius 2 is 1.85 bits per heavy atom. The number of anilines is 1. The Morgan fingerprint density at radius 3 is 2.46 bits per heavy atom. The molecule has 0 aliphatic heterocycles. The summed E-state index contributed by atoms with van der Waals surface area (Å²) in [5.74, 6) is -1.52. The molecular weight excluding hydrogens is 338 g/mol. The van der Waals surface area contributed by atoms with E-state index in [1.165, 1.54) is 0 Å². The topological polar surface area (TPSA) is 111 Å². The Morgan fingerprint density at radius 1 is 1.15 bits per heavy atom. The summed E-state index contributed by atoms with van der Waals surface area (Å²) in [4.78, 5) is 35.2. The van der Waals surface area contributed by atoms with Gasteiger partial charge in [-0.15, -0.1) is 0 Å². The molecule has 1 aromatic heterocycles. The first-order chi connectivity index (χ1) is 12.3. The number of esters is 1. The largest absolute Gasteiger partial charge is 0.454 e. The fourth-order valence-electron chi connectivity index (χ4n) is 1.90. The van der Waals surface area contributed by atoms with Crippen LogP contribution >= 0.6 is 0 Å². The third-order valence-corrected chi connectivity index (χ3v) is 3.33. The van der Waals surface area contributed by atoms with Crippen molar-refractivity contribution >= 4 is 23.7 Å². The zero-order chi connectivity index (χ0) is 19.2. The highest BCUT2D eigenvalue weighted by atomic mass is 16.5. The molecule has 8 heteroatoms. The summed E-state index contributed by atoms with van der Waals surface area (Å²) in [7, 11) is 0. The van der Waals surface area contributed by atoms with Crippen molar-refractivity contribution in [2.45, 2.75) is 26.2 Å². The summed E-state index contributed by atoms with van der Waals surface area (Å²) in [5.41, 5.74) is 0.905. The second-order valence-corrected chi connectivity index (χ2v) is 6.58. The number of nitrogens with zero attached hydrogens (tertiary/aromatic N) is 1. The van der Waals surface area contributed by atoms with Gasteiger partial charge in [0.25, 0.3) is 11.8 Å². The highest BCUT2D eigenvalue weighted by molar-refractivity contribution is 5.96. The van der Waals surface area contributed by atoms with Crippen LogP contribution in [0.3, 0.4) is 0 Å². The predicted molar refractivity (Wildman–Crippen MR) is 93.6 cm³/mol. The summed E-state index contributed by atoms with van der Waals surface area (Å²) in [6.45, 7) is 5.05. The maximum Gasteiger partial charge on any atom is 0.325 e. The lowest BCUT2D eigenvalue weighted by atomic mass is 9.92. The number of benzene rings is 1. The molecule has 0 unspecified atom stereocenters. The van der Waals surface area contributed by atoms with Gasteiger partial charge in [-0.25, -0.2) is 0 Å². The van der Waals surface area contributed by atoms with Gasteiger partial charge < -0.3 is 14.6 Å². The van der Waals surface area contributed by atoms with E-state index in [2.05, 4.69) is 15.8 Å². The van der Waals surface area contributed by atoms with E-state index in [0.717, 1.165) is 0 Å². The van der Waals surface area contributed by atoms with Gasteiger partial charge in [-0.05, 0) is 12.1 Å². The van der Waals surface area contributed by atoms with Gasteiger partial charge >= 0.3 is 5.97 Å². The number of nitrogens with one attached hydrogen (secondary N) is 2. The van der Waals surface area contributed by atoms with Gasteiger partial charge in [-0.2, -0.15) is 0 Å². The Bertz CT molecular complexity index is 778. The molecule has 2 N–H and O–H groups in total. The van der Waals surface area contributed by atoms with Crippen molar-refractivity contribution in [1.82, 2.24) is 10.5 Å². The van der Waals surface area contributed by atoms with Crippen LogP contribution in [0.4, 0.5) is 5.88 Å². The van der Waals surface area contributed by atoms with Crippen molar-refractivity contribution in [1.29, 1.82) is 0 Å². The highest BCUT2D eigenvalue weighted by Crippen LogP contribution is 2.23. The third-order valence-electron chi connectivity index (χ3n) is 3.33. The van der Waals surface area contributed by atoms with E-state index in [9.17, 15) is 14.4 Å². The molecule has 8 nitrogen and oxygen atoms in total. The summed E-state index contributed by atoms with van der Waals surface area (Å²) in [6.07, 6.45) is 0. The van der Waals surface area contributed by atoms with Gasteiger partial charge in [-0.1, -0.05) is 44.1 Å². The summed E-state index contributed by atoms with van der Waals surface area (Å²) >= 11 is 0. The number of hydrogen-bond acceptors (Lipinski definition) is 6. The zero-order valence-electron chi connectivity index (χ0n) is 14.9. The van der Waals surface area contributed by atoms with Gasteiger partial charge in [0, 0.05) is 17.0 Å². The van der Waals surface area contributed by atoms with Gasteiger partial charge in [-0.3, -0.25) is 19.7 Å². The zero-order valence-corrected chi connectivity index (χ0v) is 14.9. The molecule has 0 bridgehead atoms. The average Bonchev–Trinajstić information content (AvgIpc) is 3.07. The molecule has 0 saturated carbocycles. The monoisotopic (exact) mass is 359 g/mol. The maximum absolute atomic E-state index is 11.8. The van der Waals surface area contributed by atoms with Gasteiger partial charge in [0.15, 0.2) is 6.61 Å². The molecule has 138 valence electrons. The molecule has 0 aliphatic carbocycles. The average molecular weight is 359 g/mol. The number of ether oxygens (including phenoxy) is 1. The second-order valence-electron chi connectivity index (χ2n) is 6.58. The molecular formula is C18H21N3O5. The number of aromatic nitrogens is 1. The van der Waals surface area contributed by atoms with Crippen LogP contribution in [0.5, 0.6) is 0 Å². The van der Waals surface area contributed by atoms with Crippen LogP contribution in [0.15, 0.2) is 40.9 Å². The molecule has 0 aliphatic rings. The van der Waals surface area contributed by atoms with E-state index in [1.807, 2.05) is 20.8 Å². The number of carbonyl (C=O) groups excluding carboxylic acids is 3. The molecule has 0 saturated heterocycles. The number of amides is 2. The van der Waals surface area contributed by atoms with E-state index < -0.39 is 24.4 Å². The van der Waals surface area contributed by atoms with E-state index in [4.69, 9.17) is 9.26 Å². The SMILES string of the molecule is CC(C)(C)c1cc(NC(=O)COC(=O)CNC(=O)c2ccccc2)on1. The molecule has 1 heterocycles. The van der Waals surface area contributed by atoms with E-state index in [-0.39, 0.29) is 17.8 Å². The van der Waals surface area contributed by atoms with Crippen molar-refractivity contribution in [3.8, 4) is 0 Å². The van der Waals surface area contributed by atoms with Gasteiger partial charge in [0.05, 0.1) is 5.69 Å². The maximum atomic E-state index is 11.8. The molecule has 2 aromatic rings. The molecule has 0 atom stereocenters. The van der Waals surface area contributed by atoms with Crippen molar-refractivity contribution in [3.63, 3.8) is 0 Å². The molecule has 2 amide bonds. The number of hydrogen-bond donors (Lipinski definition) is 2. The lowest BCUT2D eigenvalue weighted by molar-refractivity contribution is -0.146. The van der Waals surface area contributed by atoms with Crippen LogP contribution in [-0.4, -0.2) is 36.1 Å². The van der Waals surface area contributed by atoms with Crippen LogP contribution < -0.4 is 10.6 Å². The first-order valence-electron chi connectivity index (χ1n) is 8.01. The Balaban J connectivity index is 1.72. The molecule has 0 radical (unpaired) electrons. The lowest BCUT2D eigenvalue weighted by Crippen LogP contribution is -2.32. The van der Waals surface area contributed by atoms with E-state index in [1.54, 1.807) is 36.4 Å². The van der Waals surface area contributed by atoms with Crippen molar-refractivity contribution in [2.24, 2.45) is 0 Å². The normalized spacial score (nSPS) is 10.9. The third kappa shape index (κ3) is 5.73. The first kappa shape index (κ1) is 19.2.